The van der Waals surface area contributed by atoms with Gasteiger partial charge < -0.3 is 24.8 Å². The van der Waals surface area contributed by atoms with Crippen molar-refractivity contribution in [2.45, 2.75) is 30.3 Å². The van der Waals surface area contributed by atoms with Crippen LogP contribution in [0, 0.1) is 11.6 Å². The lowest BCUT2D eigenvalue weighted by atomic mass is 9.43. The molecule has 3 saturated carbocycles. The van der Waals surface area contributed by atoms with E-state index in [2.05, 4.69) is 5.32 Å². The highest BCUT2D eigenvalue weighted by Gasteiger charge is 2.71. The number of aliphatic hydroxyl groups excluding tert-OH is 1. The lowest BCUT2D eigenvalue weighted by molar-refractivity contribution is -0.194. The van der Waals surface area contributed by atoms with Gasteiger partial charge in [0.2, 0.25) is 0 Å². The summed E-state index contributed by atoms with van der Waals surface area (Å²) in [6.45, 7) is -0.728. The molecule has 11 heteroatoms. The second kappa shape index (κ2) is 9.56. The van der Waals surface area contributed by atoms with Crippen LogP contribution in [0.15, 0.2) is 36.4 Å². The number of carbonyl (C=O) groups excluding carboxylic acids is 2. The number of carbonyl (C=O) groups is 2. The number of amides is 2. The first kappa shape index (κ1) is 24.5. The topological polar surface area (TPSA) is 88.1 Å². The molecule has 0 radical (unpaired) electrons. The number of nitrogens with zero attached hydrogens (tertiary/aromatic N) is 1. The van der Waals surface area contributed by atoms with Gasteiger partial charge >= 0.3 is 0 Å². The van der Waals surface area contributed by atoms with Gasteiger partial charge in [0.25, 0.3) is 11.8 Å². The van der Waals surface area contributed by atoms with E-state index in [1.54, 1.807) is 4.90 Å². The number of halogens is 4. The van der Waals surface area contributed by atoms with Gasteiger partial charge in [0.1, 0.15) is 23.1 Å². The summed E-state index contributed by atoms with van der Waals surface area (Å²) in [6.07, 6.45) is 1.59. The Bertz CT molecular complexity index is 1100. The van der Waals surface area contributed by atoms with Crippen molar-refractivity contribution in [2.75, 3.05) is 26.4 Å². The minimum Gasteiger partial charge on any atom is -0.484 e. The molecule has 182 valence electrons. The molecule has 0 unspecified atom stereocenters. The Morgan fingerprint density at radius 1 is 0.971 bits per heavy atom. The average Bonchev–Trinajstić information content (AvgIpc) is 2.75. The Morgan fingerprint density at radius 3 is 2.00 bits per heavy atom. The predicted molar refractivity (Wildman–Crippen MR) is 120 cm³/mol. The van der Waals surface area contributed by atoms with E-state index < -0.39 is 22.7 Å². The quantitative estimate of drug-likeness (QED) is 0.507. The third-order valence-corrected chi connectivity index (χ3v) is 6.73. The summed E-state index contributed by atoms with van der Waals surface area (Å²) < 4.78 is 37.8. The van der Waals surface area contributed by atoms with Gasteiger partial charge in [0.05, 0.1) is 16.7 Å². The molecule has 34 heavy (non-hydrogen) atoms. The molecule has 7 nitrogen and oxygen atoms in total. The lowest BCUT2D eigenvalue weighted by Crippen LogP contribution is -2.84. The Hall–Kier alpha value is -2.62. The molecule has 2 aromatic rings. The summed E-state index contributed by atoms with van der Waals surface area (Å²) in [5, 5.41) is 12.3. The van der Waals surface area contributed by atoms with Crippen LogP contribution in [-0.2, 0) is 9.59 Å². The number of hydrogen-bond acceptors (Lipinski definition) is 5. The first-order valence-corrected chi connectivity index (χ1v) is 11.3. The fourth-order valence-corrected chi connectivity index (χ4v) is 4.95. The van der Waals surface area contributed by atoms with E-state index in [1.165, 1.54) is 24.3 Å². The number of aliphatic hydroxyl groups is 1. The Labute approximate surface area is 204 Å². The summed E-state index contributed by atoms with van der Waals surface area (Å²) in [5.74, 6) is -1.65. The highest BCUT2D eigenvalue weighted by Crippen LogP contribution is 2.63. The van der Waals surface area contributed by atoms with E-state index in [1.807, 2.05) is 0 Å². The molecule has 0 saturated heterocycles. The molecule has 2 N–H and O–H groups in total. The molecule has 3 aliphatic carbocycles. The molecule has 2 amide bonds. The average molecular weight is 515 g/mol. The van der Waals surface area contributed by atoms with Crippen molar-refractivity contribution < 1.29 is 33.0 Å². The van der Waals surface area contributed by atoms with Crippen LogP contribution in [0.4, 0.5) is 8.78 Å². The lowest BCUT2D eigenvalue weighted by Gasteiger charge is -2.73. The zero-order valence-electron chi connectivity index (χ0n) is 18.0. The van der Waals surface area contributed by atoms with Crippen LogP contribution in [0.1, 0.15) is 19.3 Å². The predicted octanol–water partition coefficient (Wildman–Crippen LogP) is 3.34. The largest absolute Gasteiger partial charge is 0.484 e. The monoisotopic (exact) mass is 514 g/mol. The van der Waals surface area contributed by atoms with Crippen molar-refractivity contribution in [2.24, 2.45) is 0 Å². The second-order valence-electron chi connectivity index (χ2n) is 8.58. The third-order valence-electron chi connectivity index (χ3n) is 6.12. The summed E-state index contributed by atoms with van der Waals surface area (Å²) in [7, 11) is 0. The zero-order chi connectivity index (χ0) is 24.5. The van der Waals surface area contributed by atoms with Gasteiger partial charge in [-0.2, -0.15) is 0 Å². The second-order valence-corrected chi connectivity index (χ2v) is 9.40. The van der Waals surface area contributed by atoms with Gasteiger partial charge in [-0.15, -0.1) is 0 Å². The number of hydrogen-bond donors (Lipinski definition) is 2. The van der Waals surface area contributed by atoms with E-state index in [4.69, 9.17) is 32.7 Å². The maximum absolute atomic E-state index is 13.6. The SMILES string of the molecule is O=C(COc1ccc(Cl)c(F)c1)NC12CC(N(CCO)C(=O)COc3ccc(Cl)c(F)c3)(C1)C2. The van der Waals surface area contributed by atoms with Crippen molar-refractivity contribution in [3.05, 3.63) is 58.1 Å². The van der Waals surface area contributed by atoms with E-state index in [-0.39, 0.29) is 59.7 Å². The van der Waals surface area contributed by atoms with Crippen LogP contribution in [0.2, 0.25) is 10.0 Å². The molecular formula is C23H22Cl2F2N2O5. The molecule has 2 bridgehead atoms. The Morgan fingerprint density at radius 2 is 1.50 bits per heavy atom. The van der Waals surface area contributed by atoms with Gasteiger partial charge in [0.15, 0.2) is 13.2 Å². The van der Waals surface area contributed by atoms with Gasteiger partial charge in [-0.3, -0.25) is 9.59 Å². The molecule has 5 rings (SSSR count). The molecular weight excluding hydrogens is 493 g/mol. The molecule has 0 spiro atoms. The highest BCUT2D eigenvalue weighted by molar-refractivity contribution is 6.31. The molecule has 0 atom stereocenters. The third kappa shape index (κ3) is 4.92. The Balaban J connectivity index is 1.27. The molecule has 3 aliphatic rings. The van der Waals surface area contributed by atoms with Gasteiger partial charge in [0, 0.05) is 29.8 Å². The maximum Gasteiger partial charge on any atom is 0.261 e. The van der Waals surface area contributed by atoms with Crippen molar-refractivity contribution in [1.82, 2.24) is 10.2 Å². The minimum atomic E-state index is -0.652. The van der Waals surface area contributed by atoms with Crippen LogP contribution in [0.5, 0.6) is 11.5 Å². The summed E-state index contributed by atoms with van der Waals surface area (Å²) >= 11 is 11.3. The number of nitrogens with one attached hydrogen (secondary N) is 1. The normalized spacial score (nSPS) is 22.3. The van der Waals surface area contributed by atoms with Crippen LogP contribution in [0.25, 0.3) is 0 Å². The van der Waals surface area contributed by atoms with Crippen molar-refractivity contribution in [3.63, 3.8) is 0 Å². The van der Waals surface area contributed by atoms with Crippen LogP contribution >= 0.6 is 23.2 Å². The van der Waals surface area contributed by atoms with Crippen molar-refractivity contribution >= 4 is 35.0 Å². The van der Waals surface area contributed by atoms with E-state index in [0.717, 1.165) is 12.1 Å². The fraction of sp³-hybridized carbons (Fsp3) is 0.391. The van der Waals surface area contributed by atoms with Crippen LogP contribution in [-0.4, -0.2) is 59.3 Å². The van der Waals surface area contributed by atoms with Crippen LogP contribution < -0.4 is 14.8 Å². The molecule has 2 aromatic carbocycles. The van der Waals surface area contributed by atoms with E-state index >= 15 is 0 Å². The number of benzene rings is 2. The minimum absolute atomic E-state index is 0.0383. The van der Waals surface area contributed by atoms with Crippen LogP contribution in [0.3, 0.4) is 0 Å². The van der Waals surface area contributed by atoms with Gasteiger partial charge in [-0.1, -0.05) is 23.2 Å². The summed E-state index contributed by atoms with van der Waals surface area (Å²) in [6, 6.07) is 7.80. The fourth-order valence-electron chi connectivity index (χ4n) is 4.72. The standard InChI is InChI=1S/C23H22Cl2F2N2O5/c24-16-3-1-14(7-18(16)26)33-9-20(31)28-22-11-23(12-22,13-22)29(5-6-30)21(32)10-34-15-2-4-17(25)19(27)8-15/h1-4,7-8,30H,5-6,9-13H2,(H,28,31). The van der Waals surface area contributed by atoms with E-state index in [0.29, 0.717) is 19.3 Å². The van der Waals surface area contributed by atoms with Crippen molar-refractivity contribution in [1.29, 1.82) is 0 Å². The summed E-state index contributed by atoms with van der Waals surface area (Å²) in [4.78, 5) is 26.6. The molecule has 0 aliphatic heterocycles. The smallest absolute Gasteiger partial charge is 0.261 e. The van der Waals surface area contributed by atoms with E-state index in [9.17, 15) is 23.5 Å². The molecule has 0 aromatic heterocycles. The highest BCUT2D eigenvalue weighted by atomic mass is 35.5. The zero-order valence-corrected chi connectivity index (χ0v) is 19.5. The Kier molecular flexibility index (Phi) is 6.89. The van der Waals surface area contributed by atoms with Gasteiger partial charge in [-0.25, -0.2) is 8.78 Å². The number of β-amino-alcohol motifs (C(OH)–C–C–N with tert-alkyl or cyclic N) is 1. The first-order valence-electron chi connectivity index (χ1n) is 10.5. The number of ether oxygens (including phenoxy) is 2. The molecule has 3 fully saturated rings. The first-order chi connectivity index (χ1) is 16.2. The number of rotatable bonds is 10. The maximum atomic E-state index is 13.6. The summed E-state index contributed by atoms with van der Waals surface area (Å²) in [5.41, 5.74) is -0.915. The van der Waals surface area contributed by atoms with Crippen molar-refractivity contribution in [3.8, 4) is 11.5 Å². The van der Waals surface area contributed by atoms with Gasteiger partial charge in [-0.05, 0) is 43.5 Å². The molecule has 0 heterocycles.